The summed E-state index contributed by atoms with van der Waals surface area (Å²) in [6.45, 7) is 21.7. The average Bonchev–Trinajstić information content (AvgIpc) is 2.75. The number of hydrogen-bond donors (Lipinski definition) is 1. The second kappa shape index (κ2) is 14.3. The smallest absolute Gasteiger partial charge is 0.308 e. The SMILES string of the molecule is CCOC(CN(CCc1ccc(O[Si](C)(C)C(C)(C)C)cc1)C(=O)[C@@H](N)CC(=O)OC(C)(C)C)OCC. The van der Waals surface area contributed by atoms with E-state index in [2.05, 4.69) is 33.9 Å². The lowest BCUT2D eigenvalue weighted by molar-refractivity contribution is -0.162. The number of nitrogens with two attached hydrogens (primary N) is 1. The summed E-state index contributed by atoms with van der Waals surface area (Å²) >= 11 is 0. The Labute approximate surface area is 225 Å². The lowest BCUT2D eigenvalue weighted by atomic mass is 10.1. The van der Waals surface area contributed by atoms with Crippen LogP contribution in [0.3, 0.4) is 0 Å². The van der Waals surface area contributed by atoms with Gasteiger partial charge >= 0.3 is 5.97 Å². The number of carbonyl (C=O) groups excluding carboxylic acids is 2. The van der Waals surface area contributed by atoms with Crippen LogP contribution >= 0.6 is 0 Å². The van der Waals surface area contributed by atoms with Gasteiger partial charge in [0.15, 0.2) is 6.29 Å². The van der Waals surface area contributed by atoms with Crippen molar-refractivity contribution < 1.29 is 28.2 Å². The Morgan fingerprint density at radius 3 is 1.97 bits per heavy atom. The Morgan fingerprint density at radius 1 is 0.973 bits per heavy atom. The Balaban J connectivity index is 2.95. The first kappa shape index (κ1) is 33.1. The van der Waals surface area contributed by atoms with Crippen molar-refractivity contribution in [3.05, 3.63) is 29.8 Å². The number of amides is 1. The first-order chi connectivity index (χ1) is 17.0. The van der Waals surface area contributed by atoms with E-state index in [4.69, 9.17) is 24.4 Å². The number of esters is 1. The Bertz CT molecular complexity index is 840. The molecule has 1 rings (SSSR count). The van der Waals surface area contributed by atoms with E-state index in [0.717, 1.165) is 11.3 Å². The molecule has 0 aliphatic rings. The van der Waals surface area contributed by atoms with Crippen molar-refractivity contribution in [2.75, 3.05) is 26.3 Å². The summed E-state index contributed by atoms with van der Waals surface area (Å²) in [5.41, 5.74) is 6.57. The molecule has 1 aromatic rings. The molecule has 0 aliphatic carbocycles. The van der Waals surface area contributed by atoms with Crippen molar-refractivity contribution in [1.29, 1.82) is 0 Å². The van der Waals surface area contributed by atoms with Crippen LogP contribution in [0.15, 0.2) is 24.3 Å². The van der Waals surface area contributed by atoms with Gasteiger partial charge in [-0.15, -0.1) is 0 Å². The molecule has 0 spiro atoms. The van der Waals surface area contributed by atoms with E-state index in [1.807, 2.05) is 38.1 Å². The summed E-state index contributed by atoms with van der Waals surface area (Å²) in [6, 6.07) is 7.00. The zero-order valence-corrected chi connectivity index (χ0v) is 25.7. The second-order valence-electron chi connectivity index (χ2n) is 11.8. The summed E-state index contributed by atoms with van der Waals surface area (Å²) in [5, 5.41) is 0.113. The van der Waals surface area contributed by atoms with Crippen molar-refractivity contribution in [1.82, 2.24) is 4.90 Å². The van der Waals surface area contributed by atoms with Gasteiger partial charge in [0.05, 0.1) is 19.0 Å². The highest BCUT2D eigenvalue weighted by Crippen LogP contribution is 2.37. The molecule has 0 unspecified atom stereocenters. The molecule has 1 aromatic carbocycles. The molecule has 0 aliphatic heterocycles. The van der Waals surface area contributed by atoms with Crippen LogP contribution in [0.2, 0.25) is 18.1 Å². The largest absolute Gasteiger partial charge is 0.544 e. The zero-order chi connectivity index (χ0) is 28.4. The van der Waals surface area contributed by atoms with Gasteiger partial charge in [-0.1, -0.05) is 32.9 Å². The van der Waals surface area contributed by atoms with E-state index in [1.54, 1.807) is 25.7 Å². The zero-order valence-electron chi connectivity index (χ0n) is 24.7. The maximum Gasteiger partial charge on any atom is 0.308 e. The average molecular weight is 539 g/mol. The number of rotatable bonds is 14. The molecule has 0 saturated heterocycles. The fraction of sp³-hybridized carbons (Fsp3) is 0.714. The van der Waals surface area contributed by atoms with Gasteiger partial charge in [0.25, 0.3) is 0 Å². The molecule has 8 nitrogen and oxygen atoms in total. The van der Waals surface area contributed by atoms with E-state index in [0.29, 0.717) is 26.2 Å². The standard InChI is InChI=1S/C28H50N2O6Si/c1-11-33-25(34-12-2)20-30(26(32)23(29)19-24(31)35-27(3,4)5)18-17-21-13-15-22(16-14-21)36-37(9,10)28(6,7)8/h13-16,23,25H,11-12,17-20,29H2,1-10H3/t23-/m0/s1. The van der Waals surface area contributed by atoms with Crippen molar-refractivity contribution in [2.24, 2.45) is 5.73 Å². The van der Waals surface area contributed by atoms with Crippen LogP contribution in [0.4, 0.5) is 0 Å². The first-order valence-electron chi connectivity index (χ1n) is 13.3. The maximum absolute atomic E-state index is 13.3. The number of nitrogens with zero attached hydrogens (tertiary/aromatic N) is 1. The van der Waals surface area contributed by atoms with Crippen LogP contribution in [0.1, 0.15) is 67.4 Å². The summed E-state index contributed by atoms with van der Waals surface area (Å²) in [5.74, 6) is 0.0142. The van der Waals surface area contributed by atoms with E-state index >= 15 is 0 Å². The van der Waals surface area contributed by atoms with Gasteiger partial charge < -0.3 is 29.3 Å². The molecule has 0 heterocycles. The van der Waals surface area contributed by atoms with Gasteiger partial charge in [-0.2, -0.15) is 0 Å². The van der Waals surface area contributed by atoms with Gasteiger partial charge in [0.1, 0.15) is 11.4 Å². The maximum atomic E-state index is 13.3. The van der Waals surface area contributed by atoms with Gasteiger partial charge in [-0.25, -0.2) is 0 Å². The molecule has 0 aromatic heterocycles. The van der Waals surface area contributed by atoms with Crippen LogP contribution in [-0.4, -0.2) is 69.3 Å². The van der Waals surface area contributed by atoms with E-state index in [-0.39, 0.29) is 23.9 Å². The molecule has 9 heteroatoms. The summed E-state index contributed by atoms with van der Waals surface area (Å²) in [6.07, 6.45) is -0.163. The topological polar surface area (TPSA) is 100 Å². The molecule has 0 bridgehead atoms. The van der Waals surface area contributed by atoms with Crippen molar-refractivity contribution in [2.45, 2.75) is 104 Å². The Morgan fingerprint density at radius 2 is 1.51 bits per heavy atom. The van der Waals surface area contributed by atoms with Crippen LogP contribution in [0.5, 0.6) is 5.75 Å². The molecule has 1 amide bonds. The summed E-state index contributed by atoms with van der Waals surface area (Å²) in [4.78, 5) is 27.2. The molecule has 212 valence electrons. The molecule has 0 fully saturated rings. The molecule has 37 heavy (non-hydrogen) atoms. The van der Waals surface area contributed by atoms with Gasteiger partial charge in [-0.3, -0.25) is 9.59 Å². The van der Waals surface area contributed by atoms with Gasteiger partial charge in [-0.05, 0) is 76.9 Å². The number of ether oxygens (including phenoxy) is 3. The quantitative estimate of drug-likeness (QED) is 0.204. The highest BCUT2D eigenvalue weighted by molar-refractivity contribution is 6.74. The van der Waals surface area contributed by atoms with Gasteiger partial charge in [0.2, 0.25) is 14.2 Å². The number of carbonyl (C=O) groups is 2. The monoisotopic (exact) mass is 538 g/mol. The molecule has 0 radical (unpaired) electrons. The van der Waals surface area contributed by atoms with Crippen LogP contribution in [0.25, 0.3) is 0 Å². The Kier molecular flexibility index (Phi) is 12.8. The van der Waals surface area contributed by atoms with Crippen LogP contribution < -0.4 is 10.2 Å². The van der Waals surface area contributed by atoms with E-state index in [9.17, 15) is 9.59 Å². The normalized spacial score (nSPS) is 13.4. The molecule has 0 saturated carbocycles. The Hall–Kier alpha value is -1.94. The number of benzene rings is 1. The summed E-state index contributed by atoms with van der Waals surface area (Å²) < 4.78 is 23.1. The highest BCUT2D eigenvalue weighted by Gasteiger charge is 2.39. The molecule has 1 atom stereocenters. The minimum atomic E-state index is -1.92. The summed E-state index contributed by atoms with van der Waals surface area (Å²) in [7, 11) is -1.92. The predicted octanol–water partition coefficient (Wildman–Crippen LogP) is 4.90. The molecule has 2 N–H and O–H groups in total. The molecular formula is C28H50N2O6Si. The fourth-order valence-corrected chi connectivity index (χ4v) is 4.35. The third kappa shape index (κ3) is 12.0. The molecular weight excluding hydrogens is 488 g/mol. The lowest BCUT2D eigenvalue weighted by Crippen LogP contribution is -2.49. The van der Waals surface area contributed by atoms with Crippen LogP contribution in [-0.2, 0) is 30.2 Å². The van der Waals surface area contributed by atoms with E-state index < -0.39 is 32.2 Å². The minimum Gasteiger partial charge on any atom is -0.544 e. The third-order valence-corrected chi connectivity index (χ3v) is 10.6. The fourth-order valence-electron chi connectivity index (χ4n) is 3.32. The van der Waals surface area contributed by atoms with Crippen LogP contribution in [0, 0.1) is 0 Å². The van der Waals surface area contributed by atoms with Gasteiger partial charge in [0, 0.05) is 19.8 Å². The predicted molar refractivity (Wildman–Crippen MR) is 150 cm³/mol. The van der Waals surface area contributed by atoms with Crippen molar-refractivity contribution in [3.8, 4) is 5.75 Å². The highest BCUT2D eigenvalue weighted by atomic mass is 28.4. The second-order valence-corrected chi connectivity index (χ2v) is 16.5. The lowest BCUT2D eigenvalue weighted by Gasteiger charge is -2.36. The third-order valence-electron chi connectivity index (χ3n) is 6.28. The number of hydrogen-bond acceptors (Lipinski definition) is 7. The first-order valence-corrected chi connectivity index (χ1v) is 16.2. The van der Waals surface area contributed by atoms with E-state index in [1.165, 1.54) is 0 Å². The van der Waals surface area contributed by atoms with Crippen molar-refractivity contribution in [3.63, 3.8) is 0 Å². The minimum absolute atomic E-state index is 0.113. The van der Waals surface area contributed by atoms with Crippen molar-refractivity contribution >= 4 is 20.2 Å².